The number of aromatic nitrogens is 3. The van der Waals surface area contributed by atoms with E-state index in [0.29, 0.717) is 5.82 Å². The summed E-state index contributed by atoms with van der Waals surface area (Å²) >= 11 is 0. The summed E-state index contributed by atoms with van der Waals surface area (Å²) in [5.41, 5.74) is -0.959. The second kappa shape index (κ2) is 2.09. The summed E-state index contributed by atoms with van der Waals surface area (Å²) in [7, 11) is 1.37. The molecule has 1 aromatic rings. The third kappa shape index (κ3) is 0.975. The molecule has 0 aromatic carbocycles. The van der Waals surface area contributed by atoms with E-state index in [2.05, 4.69) is 9.97 Å². The molecule has 54 valence electrons. The lowest BCUT2D eigenvalue weighted by Crippen LogP contribution is -2.35. The molecule has 0 fully saturated rings. The number of hydrogen-bond donors (Lipinski definition) is 1. The Hall–Kier alpha value is -1.39. The van der Waals surface area contributed by atoms with E-state index in [0.717, 1.165) is 4.57 Å². The lowest BCUT2D eigenvalue weighted by molar-refractivity contribution is 0.711. The predicted octanol–water partition coefficient (Wildman–Crippen LogP) is -1.22. The molecular weight excluding hydrogens is 134 g/mol. The van der Waals surface area contributed by atoms with E-state index in [-0.39, 0.29) is 0 Å². The minimum absolute atomic E-state index is 0.341. The lowest BCUT2D eigenvalue weighted by atomic mass is 10.7. The van der Waals surface area contributed by atoms with Crippen molar-refractivity contribution in [2.75, 3.05) is 0 Å². The topological polar surface area (TPSA) is 67.8 Å². The first-order valence-electron chi connectivity index (χ1n) is 2.75. The summed E-state index contributed by atoms with van der Waals surface area (Å²) in [6.07, 6.45) is 0. The minimum Gasteiger partial charge on any atom is -0.295 e. The van der Waals surface area contributed by atoms with Crippen molar-refractivity contribution >= 4 is 0 Å². The van der Waals surface area contributed by atoms with E-state index < -0.39 is 11.4 Å². The third-order valence-corrected chi connectivity index (χ3v) is 1.14. The van der Waals surface area contributed by atoms with Crippen molar-refractivity contribution in [1.29, 1.82) is 0 Å². The standard InChI is InChI=1S/C5H7N3O2/c1-3-6-4(9)8(2)5(10)7-3/h1-2H3,(H,6,7,9,10). The molecule has 1 rings (SSSR count). The normalized spacial score (nSPS) is 9.80. The first kappa shape index (κ1) is 6.73. The first-order chi connectivity index (χ1) is 4.61. The van der Waals surface area contributed by atoms with Gasteiger partial charge in [0.25, 0.3) is 0 Å². The summed E-state index contributed by atoms with van der Waals surface area (Å²) < 4.78 is 0.910. The highest BCUT2D eigenvalue weighted by Crippen LogP contribution is 1.68. The first-order valence-corrected chi connectivity index (χ1v) is 2.75. The van der Waals surface area contributed by atoms with Gasteiger partial charge < -0.3 is 0 Å². The predicted molar refractivity (Wildman–Crippen MR) is 34.8 cm³/mol. The molecule has 0 bridgehead atoms. The highest BCUT2D eigenvalue weighted by molar-refractivity contribution is 4.77. The number of hydrogen-bond acceptors (Lipinski definition) is 3. The van der Waals surface area contributed by atoms with Gasteiger partial charge in [-0.05, 0) is 6.92 Å². The number of nitrogens with zero attached hydrogens (tertiary/aromatic N) is 2. The summed E-state index contributed by atoms with van der Waals surface area (Å²) in [6.45, 7) is 1.56. The maximum atomic E-state index is 10.7. The fraction of sp³-hybridized carbons (Fsp3) is 0.400. The van der Waals surface area contributed by atoms with E-state index in [1.807, 2.05) is 0 Å². The van der Waals surface area contributed by atoms with Gasteiger partial charge >= 0.3 is 11.4 Å². The van der Waals surface area contributed by atoms with Gasteiger partial charge in [-0.1, -0.05) is 0 Å². The molecule has 10 heavy (non-hydrogen) atoms. The van der Waals surface area contributed by atoms with E-state index in [9.17, 15) is 9.59 Å². The molecule has 0 aliphatic carbocycles. The van der Waals surface area contributed by atoms with Crippen molar-refractivity contribution < 1.29 is 0 Å². The molecule has 0 amide bonds. The maximum Gasteiger partial charge on any atom is 0.353 e. The SMILES string of the molecule is Cc1nc(=O)n(C)c(=O)[nH]1. The average molecular weight is 141 g/mol. The zero-order valence-electron chi connectivity index (χ0n) is 5.71. The van der Waals surface area contributed by atoms with Gasteiger partial charge in [0.2, 0.25) is 0 Å². The molecular formula is C5H7N3O2. The van der Waals surface area contributed by atoms with E-state index in [1.54, 1.807) is 6.92 Å². The molecule has 1 aromatic heterocycles. The van der Waals surface area contributed by atoms with Crippen LogP contribution in [0.3, 0.4) is 0 Å². The van der Waals surface area contributed by atoms with Crippen LogP contribution in [0.2, 0.25) is 0 Å². The number of aromatic amines is 1. The Morgan fingerprint density at radius 1 is 1.50 bits per heavy atom. The Morgan fingerprint density at radius 2 is 2.10 bits per heavy atom. The van der Waals surface area contributed by atoms with Gasteiger partial charge in [-0.25, -0.2) is 14.2 Å². The van der Waals surface area contributed by atoms with E-state index in [4.69, 9.17) is 0 Å². The van der Waals surface area contributed by atoms with Crippen LogP contribution in [0.1, 0.15) is 5.82 Å². The van der Waals surface area contributed by atoms with Crippen LogP contribution < -0.4 is 11.4 Å². The second-order valence-electron chi connectivity index (χ2n) is 1.97. The Morgan fingerprint density at radius 3 is 2.60 bits per heavy atom. The van der Waals surface area contributed by atoms with Gasteiger partial charge in [0, 0.05) is 7.05 Å². The average Bonchev–Trinajstić information content (AvgIpc) is 1.82. The molecule has 0 aliphatic heterocycles. The Kier molecular flexibility index (Phi) is 1.41. The molecule has 1 N–H and O–H groups in total. The Labute approximate surface area is 56.4 Å². The van der Waals surface area contributed by atoms with Crippen molar-refractivity contribution in [3.8, 4) is 0 Å². The number of nitrogens with one attached hydrogen (secondary N) is 1. The zero-order valence-corrected chi connectivity index (χ0v) is 5.71. The lowest BCUT2D eigenvalue weighted by Gasteiger charge is -1.92. The molecule has 0 spiro atoms. The van der Waals surface area contributed by atoms with E-state index >= 15 is 0 Å². The molecule has 0 aliphatic rings. The molecule has 0 atom stereocenters. The van der Waals surface area contributed by atoms with Crippen LogP contribution >= 0.6 is 0 Å². The van der Waals surface area contributed by atoms with Crippen LogP contribution in [-0.4, -0.2) is 14.5 Å². The zero-order chi connectivity index (χ0) is 7.72. The molecule has 0 saturated carbocycles. The molecule has 5 heteroatoms. The van der Waals surface area contributed by atoms with Crippen molar-refractivity contribution in [2.24, 2.45) is 7.05 Å². The highest BCUT2D eigenvalue weighted by atomic mass is 16.2. The van der Waals surface area contributed by atoms with Gasteiger partial charge in [0.1, 0.15) is 5.82 Å². The van der Waals surface area contributed by atoms with Crippen LogP contribution in [0.4, 0.5) is 0 Å². The van der Waals surface area contributed by atoms with Crippen molar-refractivity contribution in [2.45, 2.75) is 6.92 Å². The molecule has 0 saturated heterocycles. The smallest absolute Gasteiger partial charge is 0.295 e. The van der Waals surface area contributed by atoms with Crippen LogP contribution in [0.15, 0.2) is 9.59 Å². The summed E-state index contributed by atoms with van der Waals surface area (Å²) in [6, 6.07) is 0. The minimum atomic E-state index is -0.527. The molecule has 1 heterocycles. The van der Waals surface area contributed by atoms with Crippen molar-refractivity contribution in [3.63, 3.8) is 0 Å². The highest BCUT2D eigenvalue weighted by Gasteiger charge is 1.95. The van der Waals surface area contributed by atoms with Crippen LogP contribution in [0.5, 0.6) is 0 Å². The Balaban J connectivity index is 3.62. The quantitative estimate of drug-likeness (QED) is 0.492. The van der Waals surface area contributed by atoms with Gasteiger partial charge in [-0.3, -0.25) is 4.98 Å². The fourth-order valence-electron chi connectivity index (χ4n) is 0.572. The van der Waals surface area contributed by atoms with Crippen molar-refractivity contribution in [1.82, 2.24) is 14.5 Å². The van der Waals surface area contributed by atoms with Gasteiger partial charge in [0.15, 0.2) is 0 Å². The van der Waals surface area contributed by atoms with Crippen molar-refractivity contribution in [3.05, 3.63) is 26.8 Å². The largest absolute Gasteiger partial charge is 0.353 e. The van der Waals surface area contributed by atoms with Crippen LogP contribution in [0, 0.1) is 6.92 Å². The molecule has 0 radical (unpaired) electrons. The summed E-state index contributed by atoms with van der Waals surface area (Å²) in [5, 5.41) is 0. The summed E-state index contributed by atoms with van der Waals surface area (Å²) in [5.74, 6) is 0.341. The van der Waals surface area contributed by atoms with Gasteiger partial charge in [-0.2, -0.15) is 4.98 Å². The second-order valence-corrected chi connectivity index (χ2v) is 1.97. The maximum absolute atomic E-state index is 10.7. The number of rotatable bonds is 0. The number of H-pyrrole nitrogens is 1. The molecule has 0 unspecified atom stereocenters. The van der Waals surface area contributed by atoms with Gasteiger partial charge in [-0.15, -0.1) is 0 Å². The van der Waals surface area contributed by atoms with Gasteiger partial charge in [0.05, 0.1) is 0 Å². The van der Waals surface area contributed by atoms with E-state index in [1.165, 1.54) is 7.05 Å². The van der Waals surface area contributed by atoms with Crippen LogP contribution in [0.25, 0.3) is 0 Å². The Bertz CT molecular complexity index is 317. The summed E-state index contributed by atoms with van der Waals surface area (Å²) in [4.78, 5) is 27.3. The third-order valence-electron chi connectivity index (χ3n) is 1.14. The fourth-order valence-corrected chi connectivity index (χ4v) is 0.572. The van der Waals surface area contributed by atoms with Crippen LogP contribution in [-0.2, 0) is 7.05 Å². The monoisotopic (exact) mass is 141 g/mol. The number of aryl methyl sites for hydroxylation is 1. The molecule has 5 nitrogen and oxygen atoms in total.